The van der Waals surface area contributed by atoms with Gasteiger partial charge in [0.15, 0.2) is 11.5 Å². The molecule has 0 unspecified atom stereocenters. The molecule has 0 radical (unpaired) electrons. The van der Waals surface area contributed by atoms with Crippen LogP contribution in [0.3, 0.4) is 0 Å². The Balaban J connectivity index is 1.62. The molecule has 0 atom stereocenters. The number of allylic oxidation sites excluding steroid dienone is 1. The Morgan fingerprint density at radius 2 is 1.97 bits per heavy atom. The minimum atomic E-state index is 0.335. The molecule has 0 fully saturated rings. The summed E-state index contributed by atoms with van der Waals surface area (Å²) < 4.78 is 12.8. The third-order valence-electron chi connectivity index (χ3n) is 5.09. The summed E-state index contributed by atoms with van der Waals surface area (Å²) >= 11 is 15.9. The maximum absolute atomic E-state index is 6.27. The van der Waals surface area contributed by atoms with E-state index >= 15 is 0 Å². The Morgan fingerprint density at radius 1 is 1.10 bits per heavy atom. The number of nitrogens with one attached hydrogen (secondary N) is 1. The molecule has 0 spiro atoms. The predicted octanol–water partition coefficient (Wildman–Crippen LogP) is 7.71. The van der Waals surface area contributed by atoms with Crippen molar-refractivity contribution < 1.29 is 9.47 Å². The summed E-state index contributed by atoms with van der Waals surface area (Å²) in [6, 6.07) is 9.52. The van der Waals surface area contributed by atoms with Crippen LogP contribution in [0.4, 0.5) is 0 Å². The van der Waals surface area contributed by atoms with Crippen molar-refractivity contribution in [2.24, 2.45) is 0 Å². The van der Waals surface area contributed by atoms with E-state index in [1.54, 1.807) is 11.6 Å². The van der Waals surface area contributed by atoms with Crippen molar-refractivity contribution in [3.05, 3.63) is 67.6 Å². The molecule has 1 aliphatic carbocycles. The highest BCUT2D eigenvalue weighted by atomic mass is 79.9. The topological polar surface area (TPSA) is 30.5 Å². The highest BCUT2D eigenvalue weighted by molar-refractivity contribution is 9.10. The van der Waals surface area contributed by atoms with Crippen molar-refractivity contribution >= 4 is 39.1 Å². The molecule has 1 aliphatic rings. The number of halogens is 3. The van der Waals surface area contributed by atoms with Gasteiger partial charge in [-0.2, -0.15) is 0 Å². The smallest absolute Gasteiger partial charge is 0.175 e. The lowest BCUT2D eigenvalue weighted by Crippen LogP contribution is -2.16. The van der Waals surface area contributed by atoms with E-state index in [1.807, 2.05) is 25.1 Å². The first-order chi connectivity index (χ1) is 14.6. The van der Waals surface area contributed by atoms with Gasteiger partial charge >= 0.3 is 0 Å². The molecular formula is C24H28BrCl2NO2. The number of hydrogen-bond donors (Lipinski definition) is 1. The fourth-order valence-corrected chi connectivity index (χ4v) is 4.60. The van der Waals surface area contributed by atoms with Gasteiger partial charge in [0.25, 0.3) is 0 Å². The van der Waals surface area contributed by atoms with Crippen LogP contribution in [0.1, 0.15) is 50.2 Å². The van der Waals surface area contributed by atoms with Crippen LogP contribution in [0.2, 0.25) is 10.0 Å². The molecule has 1 N–H and O–H groups in total. The zero-order valence-electron chi connectivity index (χ0n) is 17.3. The molecule has 0 aliphatic heterocycles. The number of benzene rings is 2. The summed E-state index contributed by atoms with van der Waals surface area (Å²) in [5, 5.41) is 4.74. The third kappa shape index (κ3) is 6.91. The van der Waals surface area contributed by atoms with E-state index in [4.69, 9.17) is 32.7 Å². The Morgan fingerprint density at radius 3 is 2.70 bits per heavy atom. The zero-order valence-corrected chi connectivity index (χ0v) is 20.4. The molecule has 2 aromatic carbocycles. The zero-order chi connectivity index (χ0) is 21.3. The van der Waals surface area contributed by atoms with Gasteiger partial charge in [-0.25, -0.2) is 0 Å². The van der Waals surface area contributed by atoms with Crippen LogP contribution in [0.25, 0.3) is 0 Å². The second kappa shape index (κ2) is 12.0. The molecule has 30 heavy (non-hydrogen) atoms. The first-order valence-electron chi connectivity index (χ1n) is 10.5. The highest BCUT2D eigenvalue weighted by Gasteiger charge is 2.14. The SMILES string of the molecule is CCOc1cc(CNCCC2=CCCCC2)cc(Br)c1OCc1ccc(Cl)cc1Cl. The lowest BCUT2D eigenvalue weighted by molar-refractivity contribution is 0.267. The largest absolute Gasteiger partial charge is 0.490 e. The first kappa shape index (κ1) is 23.5. The average Bonchev–Trinajstić information content (AvgIpc) is 2.73. The van der Waals surface area contributed by atoms with Crippen molar-refractivity contribution in [2.75, 3.05) is 13.2 Å². The van der Waals surface area contributed by atoms with E-state index in [1.165, 1.54) is 25.7 Å². The molecule has 0 saturated carbocycles. The third-order valence-corrected chi connectivity index (χ3v) is 6.27. The van der Waals surface area contributed by atoms with Crippen LogP contribution in [-0.2, 0) is 13.2 Å². The monoisotopic (exact) mass is 511 g/mol. The lowest BCUT2D eigenvalue weighted by Gasteiger charge is -2.17. The number of ether oxygens (including phenoxy) is 2. The Kier molecular flexibility index (Phi) is 9.38. The molecule has 0 bridgehead atoms. The van der Waals surface area contributed by atoms with Gasteiger partial charge in [0.2, 0.25) is 0 Å². The Hall–Kier alpha value is -1.20. The minimum Gasteiger partial charge on any atom is -0.490 e. The summed E-state index contributed by atoms with van der Waals surface area (Å²) in [7, 11) is 0. The molecule has 162 valence electrons. The van der Waals surface area contributed by atoms with Crippen LogP contribution in [0, 0.1) is 0 Å². The number of hydrogen-bond acceptors (Lipinski definition) is 3. The van der Waals surface area contributed by atoms with Crippen molar-refractivity contribution in [2.45, 2.75) is 52.2 Å². The van der Waals surface area contributed by atoms with E-state index in [-0.39, 0.29) is 0 Å². The lowest BCUT2D eigenvalue weighted by atomic mass is 9.97. The summed E-state index contributed by atoms with van der Waals surface area (Å²) in [4.78, 5) is 0. The molecule has 0 heterocycles. The molecule has 0 aromatic heterocycles. The van der Waals surface area contributed by atoms with Crippen molar-refractivity contribution in [3.63, 3.8) is 0 Å². The fraction of sp³-hybridized carbons (Fsp3) is 0.417. The Labute approximate surface area is 197 Å². The van der Waals surface area contributed by atoms with Crippen molar-refractivity contribution in [1.29, 1.82) is 0 Å². The maximum atomic E-state index is 6.27. The molecule has 3 nitrogen and oxygen atoms in total. The molecule has 0 amide bonds. The van der Waals surface area contributed by atoms with Crippen LogP contribution >= 0.6 is 39.1 Å². The average molecular weight is 513 g/mol. The van der Waals surface area contributed by atoms with Crippen molar-refractivity contribution in [1.82, 2.24) is 5.32 Å². The first-order valence-corrected chi connectivity index (χ1v) is 12.0. The molecule has 0 saturated heterocycles. The van der Waals surface area contributed by atoms with Gasteiger partial charge in [-0.05, 0) is 91.3 Å². The van der Waals surface area contributed by atoms with Gasteiger partial charge in [-0.1, -0.05) is 40.9 Å². The van der Waals surface area contributed by atoms with Crippen molar-refractivity contribution in [3.8, 4) is 11.5 Å². The summed E-state index contributed by atoms with van der Waals surface area (Å²) in [5.41, 5.74) is 3.62. The van der Waals surface area contributed by atoms with E-state index < -0.39 is 0 Å². The van der Waals surface area contributed by atoms with Crippen LogP contribution in [0.5, 0.6) is 11.5 Å². The van der Waals surface area contributed by atoms with Gasteiger partial charge in [0.1, 0.15) is 6.61 Å². The van der Waals surface area contributed by atoms with Gasteiger partial charge in [-0.3, -0.25) is 0 Å². The van der Waals surface area contributed by atoms with E-state index in [0.717, 1.165) is 40.9 Å². The minimum absolute atomic E-state index is 0.335. The Bertz CT molecular complexity index is 886. The molecule has 2 aromatic rings. The summed E-state index contributed by atoms with van der Waals surface area (Å²) in [5.74, 6) is 1.41. The van der Waals surface area contributed by atoms with Gasteiger partial charge in [-0.15, -0.1) is 0 Å². The standard InChI is InChI=1S/C24H28BrCl2NO2/c1-2-29-23-13-18(15-28-11-10-17-6-4-3-5-7-17)12-21(25)24(23)30-16-19-8-9-20(26)14-22(19)27/h6,8-9,12-14,28H,2-5,7,10-11,15-16H2,1H3. The fourth-order valence-electron chi connectivity index (χ4n) is 3.53. The van der Waals surface area contributed by atoms with Crippen LogP contribution in [-0.4, -0.2) is 13.2 Å². The summed E-state index contributed by atoms with van der Waals surface area (Å²) in [6.45, 7) is 4.64. The predicted molar refractivity (Wildman–Crippen MR) is 129 cm³/mol. The molecule has 6 heteroatoms. The second-order valence-electron chi connectivity index (χ2n) is 7.40. The van der Waals surface area contributed by atoms with Gasteiger partial charge in [0.05, 0.1) is 11.1 Å². The van der Waals surface area contributed by atoms with Crippen LogP contribution in [0.15, 0.2) is 46.5 Å². The summed E-state index contributed by atoms with van der Waals surface area (Å²) in [6.07, 6.45) is 8.70. The van der Waals surface area contributed by atoms with Gasteiger partial charge < -0.3 is 14.8 Å². The quantitative estimate of drug-likeness (QED) is 0.261. The van der Waals surface area contributed by atoms with E-state index in [9.17, 15) is 0 Å². The molecular weight excluding hydrogens is 485 g/mol. The van der Waals surface area contributed by atoms with E-state index in [0.29, 0.717) is 29.0 Å². The highest BCUT2D eigenvalue weighted by Crippen LogP contribution is 2.38. The van der Waals surface area contributed by atoms with Crippen LogP contribution < -0.4 is 14.8 Å². The number of rotatable bonds is 10. The van der Waals surface area contributed by atoms with E-state index in [2.05, 4.69) is 33.4 Å². The maximum Gasteiger partial charge on any atom is 0.175 e. The second-order valence-corrected chi connectivity index (χ2v) is 9.10. The van der Waals surface area contributed by atoms with Gasteiger partial charge in [0, 0.05) is 22.2 Å². The normalized spacial score (nSPS) is 13.8. The molecule has 3 rings (SSSR count).